The van der Waals surface area contributed by atoms with Gasteiger partial charge in [0.1, 0.15) is 0 Å². The molecule has 0 saturated heterocycles. The molecule has 4 saturated carbocycles. The molecule has 2 nitrogen and oxygen atoms in total. The molecule has 0 atom stereocenters. The zero-order valence-electron chi connectivity index (χ0n) is 13.4. The van der Waals surface area contributed by atoms with Crippen molar-refractivity contribution in [2.75, 3.05) is 5.75 Å². The Balaban J connectivity index is 1.28. The molecular weight excluding hydrogens is 326 g/mol. The van der Waals surface area contributed by atoms with Gasteiger partial charge in [0.05, 0.1) is 5.75 Å². The van der Waals surface area contributed by atoms with Gasteiger partial charge in [-0.2, -0.15) is 0 Å². The molecule has 0 spiro atoms. The summed E-state index contributed by atoms with van der Waals surface area (Å²) < 4.78 is 0.419. The standard InChI is InChI=1S/C19H24ClNOS/c20-17-3-1-2-13(7-17)11-21-18(22)12-23-19-8-14-4-15(9-19)6-16(5-14)10-19/h1-3,7,14-16H,4-6,8-12H2,(H,21,22). The highest BCUT2D eigenvalue weighted by Gasteiger charge is 2.51. The number of thioether (sulfide) groups is 1. The molecule has 1 amide bonds. The molecule has 1 N–H and O–H groups in total. The van der Waals surface area contributed by atoms with E-state index in [4.69, 9.17) is 11.6 Å². The minimum Gasteiger partial charge on any atom is -0.351 e. The molecule has 4 heteroatoms. The fraction of sp³-hybridized carbons (Fsp3) is 0.632. The number of hydrogen-bond acceptors (Lipinski definition) is 2. The van der Waals surface area contributed by atoms with Crippen LogP contribution in [0.1, 0.15) is 44.1 Å². The van der Waals surface area contributed by atoms with Gasteiger partial charge in [-0.15, -0.1) is 11.8 Å². The minimum atomic E-state index is 0.158. The predicted octanol–water partition coefficient (Wildman–Crippen LogP) is 4.66. The first-order valence-corrected chi connectivity index (χ1v) is 10.1. The number of benzene rings is 1. The van der Waals surface area contributed by atoms with Gasteiger partial charge in [-0.1, -0.05) is 23.7 Å². The summed E-state index contributed by atoms with van der Waals surface area (Å²) in [5, 5.41) is 3.76. The maximum atomic E-state index is 12.2. The van der Waals surface area contributed by atoms with Crippen molar-refractivity contribution in [1.82, 2.24) is 5.32 Å². The molecule has 1 aromatic rings. The lowest BCUT2D eigenvalue weighted by Crippen LogP contribution is -2.49. The predicted molar refractivity (Wildman–Crippen MR) is 96.7 cm³/mol. The molecular formula is C19H24ClNOS. The lowest BCUT2D eigenvalue weighted by molar-refractivity contribution is -0.118. The van der Waals surface area contributed by atoms with Crippen molar-refractivity contribution in [3.8, 4) is 0 Å². The summed E-state index contributed by atoms with van der Waals surface area (Å²) in [5.74, 6) is 3.60. The van der Waals surface area contributed by atoms with Crippen LogP contribution in [-0.4, -0.2) is 16.4 Å². The largest absolute Gasteiger partial charge is 0.351 e. The Bertz CT molecular complexity index is 568. The van der Waals surface area contributed by atoms with E-state index in [1.807, 2.05) is 36.0 Å². The molecule has 4 bridgehead atoms. The quantitative estimate of drug-likeness (QED) is 0.837. The van der Waals surface area contributed by atoms with Crippen molar-refractivity contribution >= 4 is 29.3 Å². The van der Waals surface area contributed by atoms with Crippen LogP contribution in [0.2, 0.25) is 5.02 Å². The van der Waals surface area contributed by atoms with Crippen LogP contribution >= 0.6 is 23.4 Å². The Morgan fingerprint density at radius 3 is 2.43 bits per heavy atom. The monoisotopic (exact) mass is 349 g/mol. The lowest BCUT2D eigenvalue weighted by atomic mass is 9.56. The molecule has 0 heterocycles. The van der Waals surface area contributed by atoms with E-state index < -0.39 is 0 Å². The summed E-state index contributed by atoms with van der Waals surface area (Å²) in [4.78, 5) is 12.2. The van der Waals surface area contributed by atoms with E-state index in [-0.39, 0.29) is 5.91 Å². The Labute approximate surface area is 147 Å². The van der Waals surface area contributed by atoms with Gasteiger partial charge >= 0.3 is 0 Å². The average molecular weight is 350 g/mol. The molecule has 4 aliphatic carbocycles. The second-order valence-corrected chi connectivity index (χ2v) is 9.68. The van der Waals surface area contributed by atoms with E-state index in [0.717, 1.165) is 28.3 Å². The van der Waals surface area contributed by atoms with Crippen molar-refractivity contribution in [3.63, 3.8) is 0 Å². The van der Waals surface area contributed by atoms with E-state index in [9.17, 15) is 4.79 Å². The van der Waals surface area contributed by atoms with Crippen LogP contribution in [0.15, 0.2) is 24.3 Å². The normalized spacial score (nSPS) is 34.6. The summed E-state index contributed by atoms with van der Waals surface area (Å²) in [5.41, 5.74) is 1.06. The third kappa shape index (κ3) is 3.56. The third-order valence-corrected chi connectivity index (χ3v) is 7.62. The first-order chi connectivity index (χ1) is 11.1. The number of carbonyl (C=O) groups excluding carboxylic acids is 1. The minimum absolute atomic E-state index is 0.158. The molecule has 124 valence electrons. The van der Waals surface area contributed by atoms with Crippen LogP contribution in [-0.2, 0) is 11.3 Å². The summed E-state index contributed by atoms with van der Waals surface area (Å²) in [6, 6.07) is 7.69. The number of nitrogens with one attached hydrogen (secondary N) is 1. The smallest absolute Gasteiger partial charge is 0.230 e. The van der Waals surface area contributed by atoms with Gasteiger partial charge < -0.3 is 5.32 Å². The molecule has 1 aromatic carbocycles. The Morgan fingerprint density at radius 1 is 1.17 bits per heavy atom. The molecule has 0 aromatic heterocycles. The molecule has 0 aliphatic heterocycles. The summed E-state index contributed by atoms with van der Waals surface area (Å²) in [6.07, 6.45) is 8.43. The van der Waals surface area contributed by atoms with Crippen LogP contribution in [0, 0.1) is 17.8 Å². The van der Waals surface area contributed by atoms with Gasteiger partial charge in [-0.25, -0.2) is 0 Å². The van der Waals surface area contributed by atoms with Crippen molar-refractivity contribution in [3.05, 3.63) is 34.9 Å². The summed E-state index contributed by atoms with van der Waals surface area (Å²) in [6.45, 7) is 0.570. The van der Waals surface area contributed by atoms with Crippen LogP contribution in [0.4, 0.5) is 0 Å². The molecule has 0 unspecified atom stereocenters. The van der Waals surface area contributed by atoms with Gasteiger partial charge in [-0.3, -0.25) is 4.79 Å². The first kappa shape index (κ1) is 15.8. The number of carbonyl (C=O) groups is 1. The van der Waals surface area contributed by atoms with Crippen LogP contribution < -0.4 is 5.32 Å². The van der Waals surface area contributed by atoms with Crippen LogP contribution in [0.5, 0.6) is 0 Å². The van der Waals surface area contributed by atoms with Gasteiger partial charge in [0.15, 0.2) is 0 Å². The maximum Gasteiger partial charge on any atom is 0.230 e. The molecule has 23 heavy (non-hydrogen) atoms. The fourth-order valence-corrected chi connectivity index (χ4v) is 7.14. The second kappa shape index (κ2) is 6.33. The van der Waals surface area contributed by atoms with E-state index >= 15 is 0 Å². The second-order valence-electron chi connectivity index (χ2n) is 7.80. The summed E-state index contributed by atoms with van der Waals surface area (Å²) >= 11 is 7.92. The van der Waals surface area contributed by atoms with Crippen LogP contribution in [0.3, 0.4) is 0 Å². The van der Waals surface area contributed by atoms with E-state index in [1.54, 1.807) is 0 Å². The topological polar surface area (TPSA) is 29.1 Å². The number of halogens is 1. The first-order valence-electron chi connectivity index (χ1n) is 8.75. The van der Waals surface area contributed by atoms with Gasteiger partial charge in [0.25, 0.3) is 0 Å². The number of amides is 1. The highest BCUT2D eigenvalue weighted by atomic mass is 35.5. The van der Waals surface area contributed by atoms with Crippen molar-refractivity contribution in [2.45, 2.75) is 49.8 Å². The summed E-state index contributed by atoms with van der Waals surface area (Å²) in [7, 11) is 0. The highest BCUT2D eigenvalue weighted by molar-refractivity contribution is 8.01. The molecule has 4 fully saturated rings. The SMILES string of the molecule is O=C(CSC12CC3CC(CC(C3)C1)C2)NCc1cccc(Cl)c1. The van der Waals surface area contributed by atoms with Gasteiger partial charge in [0.2, 0.25) is 5.91 Å². The molecule has 5 rings (SSSR count). The van der Waals surface area contributed by atoms with E-state index in [1.165, 1.54) is 38.5 Å². The average Bonchev–Trinajstić information content (AvgIpc) is 2.50. The van der Waals surface area contributed by atoms with Crippen molar-refractivity contribution < 1.29 is 4.79 Å². The Hall–Kier alpha value is -0.670. The van der Waals surface area contributed by atoms with Gasteiger partial charge in [-0.05, 0) is 74.0 Å². The molecule has 0 radical (unpaired) electrons. The number of rotatable bonds is 5. The van der Waals surface area contributed by atoms with Crippen molar-refractivity contribution in [1.29, 1.82) is 0 Å². The third-order valence-electron chi connectivity index (χ3n) is 5.87. The van der Waals surface area contributed by atoms with E-state index in [0.29, 0.717) is 17.0 Å². The fourth-order valence-electron chi connectivity index (χ4n) is 5.33. The Kier molecular flexibility index (Phi) is 4.36. The lowest BCUT2D eigenvalue weighted by Gasteiger charge is -2.56. The zero-order valence-corrected chi connectivity index (χ0v) is 15.0. The van der Waals surface area contributed by atoms with E-state index in [2.05, 4.69) is 5.32 Å². The maximum absolute atomic E-state index is 12.2. The van der Waals surface area contributed by atoms with Gasteiger partial charge in [0, 0.05) is 16.3 Å². The zero-order chi connectivity index (χ0) is 15.9. The highest BCUT2D eigenvalue weighted by Crippen LogP contribution is 2.60. The Morgan fingerprint density at radius 2 is 1.83 bits per heavy atom. The van der Waals surface area contributed by atoms with Crippen molar-refractivity contribution in [2.24, 2.45) is 17.8 Å². The van der Waals surface area contributed by atoms with Crippen LogP contribution in [0.25, 0.3) is 0 Å². The number of hydrogen-bond donors (Lipinski definition) is 1. The molecule has 4 aliphatic rings.